The molecule has 104 valence electrons. The number of hydrogen-bond acceptors (Lipinski definition) is 3. The van der Waals surface area contributed by atoms with Gasteiger partial charge in [-0.05, 0) is 42.8 Å². The van der Waals surface area contributed by atoms with Crippen molar-refractivity contribution in [1.29, 1.82) is 0 Å². The van der Waals surface area contributed by atoms with E-state index in [9.17, 15) is 9.90 Å². The van der Waals surface area contributed by atoms with Crippen molar-refractivity contribution in [3.05, 3.63) is 65.9 Å². The zero-order chi connectivity index (χ0) is 14.8. The number of carbonyl (C=O) groups is 1. The molecule has 0 atom stereocenters. The second kappa shape index (κ2) is 5.25. The minimum Gasteiger partial charge on any atom is -0.508 e. The van der Waals surface area contributed by atoms with Crippen molar-refractivity contribution in [2.75, 3.05) is 5.32 Å². The van der Waals surface area contributed by atoms with E-state index < -0.39 is 0 Å². The maximum absolute atomic E-state index is 12.4. The smallest absolute Gasteiger partial charge is 0.255 e. The molecule has 0 saturated heterocycles. The summed E-state index contributed by atoms with van der Waals surface area (Å²) in [6.45, 7) is 1.79. The van der Waals surface area contributed by atoms with Crippen LogP contribution in [0, 0.1) is 6.92 Å². The van der Waals surface area contributed by atoms with Crippen molar-refractivity contribution in [3.8, 4) is 5.75 Å². The van der Waals surface area contributed by atoms with E-state index in [1.807, 2.05) is 30.3 Å². The number of carbonyl (C=O) groups excluding carboxylic acids is 1. The Balaban J connectivity index is 1.97. The molecule has 0 spiro atoms. The Morgan fingerprint density at radius 3 is 2.76 bits per heavy atom. The van der Waals surface area contributed by atoms with Crippen LogP contribution in [0.4, 0.5) is 5.69 Å². The number of phenolic OH excluding ortho intramolecular Hbond substituents is 1. The summed E-state index contributed by atoms with van der Waals surface area (Å²) < 4.78 is 0. The lowest BCUT2D eigenvalue weighted by atomic mass is 10.1. The van der Waals surface area contributed by atoms with E-state index in [1.165, 1.54) is 6.07 Å². The fourth-order valence-electron chi connectivity index (χ4n) is 2.30. The van der Waals surface area contributed by atoms with Crippen LogP contribution < -0.4 is 5.32 Å². The SMILES string of the molecule is Cc1cc(O)ccc1C(=O)Nc1cccc2cccnc12. The summed E-state index contributed by atoms with van der Waals surface area (Å²) in [7, 11) is 0. The van der Waals surface area contributed by atoms with Gasteiger partial charge in [0.1, 0.15) is 5.75 Å². The maximum Gasteiger partial charge on any atom is 0.255 e. The molecule has 1 aromatic heterocycles. The van der Waals surface area contributed by atoms with Gasteiger partial charge in [0.25, 0.3) is 5.91 Å². The van der Waals surface area contributed by atoms with Gasteiger partial charge in [0, 0.05) is 17.1 Å². The minimum absolute atomic E-state index is 0.149. The third-order valence-corrected chi connectivity index (χ3v) is 3.34. The number of fused-ring (bicyclic) bond motifs is 1. The normalized spacial score (nSPS) is 10.5. The summed E-state index contributed by atoms with van der Waals surface area (Å²) in [4.78, 5) is 16.7. The van der Waals surface area contributed by atoms with Gasteiger partial charge < -0.3 is 10.4 Å². The van der Waals surface area contributed by atoms with Crippen LogP contribution in [0.15, 0.2) is 54.7 Å². The van der Waals surface area contributed by atoms with E-state index in [2.05, 4.69) is 10.3 Å². The van der Waals surface area contributed by atoms with Gasteiger partial charge in [-0.1, -0.05) is 18.2 Å². The molecule has 1 amide bonds. The molecule has 4 nitrogen and oxygen atoms in total. The molecule has 0 saturated carbocycles. The number of hydrogen-bond donors (Lipinski definition) is 2. The van der Waals surface area contributed by atoms with Crippen LogP contribution in [-0.2, 0) is 0 Å². The van der Waals surface area contributed by atoms with Gasteiger partial charge in [-0.3, -0.25) is 9.78 Å². The number of nitrogens with one attached hydrogen (secondary N) is 1. The second-order valence-electron chi connectivity index (χ2n) is 4.83. The van der Waals surface area contributed by atoms with Gasteiger partial charge in [0.2, 0.25) is 0 Å². The summed E-state index contributed by atoms with van der Waals surface area (Å²) in [5, 5.41) is 13.3. The average molecular weight is 278 g/mol. The topological polar surface area (TPSA) is 62.2 Å². The Morgan fingerprint density at radius 1 is 1.14 bits per heavy atom. The number of benzene rings is 2. The third kappa shape index (κ3) is 2.56. The molecule has 1 heterocycles. The van der Waals surface area contributed by atoms with E-state index >= 15 is 0 Å². The molecule has 0 radical (unpaired) electrons. The van der Waals surface area contributed by atoms with E-state index in [0.29, 0.717) is 11.3 Å². The van der Waals surface area contributed by atoms with Crippen LogP contribution in [0.3, 0.4) is 0 Å². The molecule has 0 aliphatic heterocycles. The number of anilines is 1. The highest BCUT2D eigenvalue weighted by Gasteiger charge is 2.11. The molecule has 2 N–H and O–H groups in total. The van der Waals surface area contributed by atoms with Crippen molar-refractivity contribution in [1.82, 2.24) is 4.98 Å². The van der Waals surface area contributed by atoms with Crippen LogP contribution in [-0.4, -0.2) is 16.0 Å². The summed E-state index contributed by atoms with van der Waals surface area (Å²) in [5.74, 6) is -0.0680. The highest BCUT2D eigenvalue weighted by Crippen LogP contribution is 2.22. The van der Waals surface area contributed by atoms with E-state index in [0.717, 1.165) is 16.5 Å². The number of aryl methyl sites for hydroxylation is 1. The monoisotopic (exact) mass is 278 g/mol. The zero-order valence-corrected chi connectivity index (χ0v) is 11.5. The van der Waals surface area contributed by atoms with E-state index in [1.54, 1.807) is 25.3 Å². The zero-order valence-electron chi connectivity index (χ0n) is 11.5. The Labute approximate surface area is 122 Å². The number of aromatic hydroxyl groups is 1. The maximum atomic E-state index is 12.4. The summed E-state index contributed by atoms with van der Waals surface area (Å²) in [6, 6.07) is 14.1. The highest BCUT2D eigenvalue weighted by molar-refractivity contribution is 6.09. The van der Waals surface area contributed by atoms with Crippen molar-refractivity contribution in [2.45, 2.75) is 6.92 Å². The Kier molecular flexibility index (Phi) is 3.28. The predicted molar refractivity (Wildman–Crippen MR) is 82.5 cm³/mol. The van der Waals surface area contributed by atoms with E-state index in [-0.39, 0.29) is 11.7 Å². The van der Waals surface area contributed by atoms with Crippen molar-refractivity contribution in [2.24, 2.45) is 0 Å². The third-order valence-electron chi connectivity index (χ3n) is 3.34. The number of aromatic nitrogens is 1. The van der Waals surface area contributed by atoms with Gasteiger partial charge in [-0.15, -0.1) is 0 Å². The Bertz CT molecular complexity index is 823. The lowest BCUT2D eigenvalue weighted by molar-refractivity contribution is 0.102. The number of amides is 1. The standard InChI is InChI=1S/C17H14N2O2/c1-11-10-13(20)7-8-14(11)17(21)19-15-6-2-4-12-5-3-9-18-16(12)15/h2-10,20H,1H3,(H,19,21). The average Bonchev–Trinajstić information content (AvgIpc) is 2.47. The number of phenols is 1. The van der Waals surface area contributed by atoms with Gasteiger partial charge >= 0.3 is 0 Å². The number of nitrogens with zero attached hydrogens (tertiary/aromatic N) is 1. The molecule has 0 unspecified atom stereocenters. The Hall–Kier alpha value is -2.88. The molecule has 0 aliphatic carbocycles. The molecule has 0 aliphatic rings. The van der Waals surface area contributed by atoms with Crippen molar-refractivity contribution >= 4 is 22.5 Å². The Morgan fingerprint density at radius 2 is 1.95 bits per heavy atom. The number of rotatable bonds is 2. The van der Waals surface area contributed by atoms with Crippen molar-refractivity contribution < 1.29 is 9.90 Å². The molecule has 2 aromatic carbocycles. The minimum atomic E-state index is -0.217. The molecular weight excluding hydrogens is 264 g/mol. The summed E-state index contributed by atoms with van der Waals surface area (Å²) in [5.41, 5.74) is 2.68. The van der Waals surface area contributed by atoms with Crippen LogP contribution in [0.2, 0.25) is 0 Å². The molecular formula is C17H14N2O2. The highest BCUT2D eigenvalue weighted by atomic mass is 16.3. The fourth-order valence-corrected chi connectivity index (χ4v) is 2.30. The van der Waals surface area contributed by atoms with Crippen LogP contribution in [0.1, 0.15) is 15.9 Å². The van der Waals surface area contributed by atoms with Gasteiger partial charge in [-0.25, -0.2) is 0 Å². The van der Waals surface area contributed by atoms with Gasteiger partial charge in [0.05, 0.1) is 11.2 Å². The van der Waals surface area contributed by atoms with Crippen LogP contribution >= 0.6 is 0 Å². The molecule has 21 heavy (non-hydrogen) atoms. The first-order chi connectivity index (χ1) is 10.1. The molecule has 0 fully saturated rings. The summed E-state index contributed by atoms with van der Waals surface area (Å²) >= 11 is 0. The quantitative estimate of drug-likeness (QED) is 0.754. The van der Waals surface area contributed by atoms with Gasteiger partial charge in [0.15, 0.2) is 0 Å². The van der Waals surface area contributed by atoms with Crippen LogP contribution in [0.5, 0.6) is 5.75 Å². The lowest BCUT2D eigenvalue weighted by Crippen LogP contribution is -2.13. The molecule has 3 aromatic rings. The summed E-state index contributed by atoms with van der Waals surface area (Å²) in [6.07, 6.45) is 1.70. The van der Waals surface area contributed by atoms with E-state index in [4.69, 9.17) is 0 Å². The van der Waals surface area contributed by atoms with Gasteiger partial charge in [-0.2, -0.15) is 0 Å². The first-order valence-electron chi connectivity index (χ1n) is 6.60. The largest absolute Gasteiger partial charge is 0.508 e. The number of pyridine rings is 1. The van der Waals surface area contributed by atoms with Crippen molar-refractivity contribution in [3.63, 3.8) is 0 Å². The fraction of sp³-hybridized carbons (Fsp3) is 0.0588. The van der Waals surface area contributed by atoms with Crippen LogP contribution in [0.25, 0.3) is 10.9 Å². The molecule has 4 heteroatoms. The predicted octanol–water partition coefficient (Wildman–Crippen LogP) is 3.50. The molecule has 3 rings (SSSR count). The first kappa shape index (κ1) is 13.1. The number of para-hydroxylation sites is 1. The second-order valence-corrected chi connectivity index (χ2v) is 4.83. The first-order valence-corrected chi connectivity index (χ1v) is 6.60. The lowest BCUT2D eigenvalue weighted by Gasteiger charge is -2.10. The molecule has 0 bridgehead atoms.